The zero-order chi connectivity index (χ0) is 19.1. The summed E-state index contributed by atoms with van der Waals surface area (Å²) in [5.41, 5.74) is 6.58. The Morgan fingerprint density at radius 1 is 1.31 bits per heavy atom. The van der Waals surface area contributed by atoms with Gasteiger partial charge in [0, 0.05) is 19.8 Å². The highest BCUT2D eigenvalue weighted by atomic mass is 31.2. The van der Waals surface area contributed by atoms with E-state index in [2.05, 4.69) is 15.0 Å². The monoisotopic (exact) mass is 407 g/mol. The van der Waals surface area contributed by atoms with E-state index in [1.165, 1.54) is 12.7 Å². The molecule has 5 unspecified atom stereocenters. The number of aromatic nitrogens is 4. The second-order valence-corrected chi connectivity index (χ2v) is 9.67. The van der Waals surface area contributed by atoms with Crippen molar-refractivity contribution in [3.05, 3.63) is 12.7 Å². The van der Waals surface area contributed by atoms with Crippen LogP contribution in [-0.2, 0) is 22.9 Å². The van der Waals surface area contributed by atoms with Crippen LogP contribution in [0, 0.1) is 0 Å². The third-order valence-corrected chi connectivity index (χ3v) is 4.98. The van der Waals surface area contributed by atoms with E-state index in [-0.39, 0.29) is 18.8 Å². The number of hydrogen-bond acceptors (Lipinski definition) is 9. The molecule has 2 aromatic rings. The van der Waals surface area contributed by atoms with Gasteiger partial charge < -0.3 is 29.3 Å². The van der Waals surface area contributed by atoms with Crippen LogP contribution < -0.4 is 5.73 Å². The average Bonchev–Trinajstić information content (AvgIpc) is 3.07. The first-order chi connectivity index (χ1) is 12.0. The Bertz CT molecular complexity index is 893. The normalized spacial score (nSPS) is 28.1. The molecule has 26 heavy (non-hydrogen) atoms. The van der Waals surface area contributed by atoms with Crippen LogP contribution in [0.4, 0.5) is 5.82 Å². The minimum atomic E-state index is -3.81. The quantitative estimate of drug-likeness (QED) is 0.576. The van der Waals surface area contributed by atoms with E-state index in [1.807, 2.05) is 0 Å². The van der Waals surface area contributed by atoms with Gasteiger partial charge in [0.1, 0.15) is 24.2 Å². The van der Waals surface area contributed by atoms with Crippen LogP contribution in [0.1, 0.15) is 12.6 Å². The Labute approximate surface area is 148 Å². The van der Waals surface area contributed by atoms with Crippen LogP contribution in [0.25, 0.3) is 11.2 Å². The molecule has 2 aromatic heterocycles. The van der Waals surface area contributed by atoms with Gasteiger partial charge in [0.05, 0.1) is 19.0 Å². The summed E-state index contributed by atoms with van der Waals surface area (Å²) in [6.07, 6.45) is 0.617. The third kappa shape index (κ3) is 4.47. The van der Waals surface area contributed by atoms with Crippen molar-refractivity contribution in [3.8, 4) is 0 Å². The highest BCUT2D eigenvalue weighted by Gasteiger charge is 2.41. The summed E-state index contributed by atoms with van der Waals surface area (Å²) in [7, 11) is -7.56. The van der Waals surface area contributed by atoms with E-state index >= 15 is 0 Å². The van der Waals surface area contributed by atoms with Crippen LogP contribution in [0.5, 0.6) is 0 Å². The summed E-state index contributed by atoms with van der Waals surface area (Å²) in [5.74, 6) is 0.208. The largest absolute Gasteiger partial charge is 0.382 e. The molecule has 3 heterocycles. The molecule has 0 amide bonds. The highest BCUT2D eigenvalue weighted by Crippen LogP contribution is 2.45. The van der Waals surface area contributed by atoms with Gasteiger partial charge in [-0.2, -0.15) is 0 Å². The van der Waals surface area contributed by atoms with Crippen LogP contribution in [0.2, 0.25) is 0 Å². The van der Waals surface area contributed by atoms with Gasteiger partial charge in [0.15, 0.2) is 11.5 Å². The molecule has 12 nitrogen and oxygen atoms in total. The Kier molecular flexibility index (Phi) is 5.19. The topological polar surface area (TPSA) is 172 Å². The van der Waals surface area contributed by atoms with Crippen LogP contribution in [0.15, 0.2) is 12.7 Å². The number of anilines is 1. The molecule has 0 bridgehead atoms. The molecule has 14 heteroatoms. The molecule has 1 aliphatic rings. The highest BCUT2D eigenvalue weighted by molar-refractivity contribution is 7.52. The molecule has 144 valence electrons. The predicted octanol–water partition coefficient (Wildman–Crippen LogP) is 0.728. The van der Waals surface area contributed by atoms with E-state index in [0.29, 0.717) is 11.2 Å². The summed E-state index contributed by atoms with van der Waals surface area (Å²) < 4.78 is 40.5. The number of ether oxygens (including phenoxy) is 1. The maximum Gasteiger partial charge on any atom is 0.325 e. The lowest BCUT2D eigenvalue weighted by Crippen LogP contribution is -2.28. The van der Waals surface area contributed by atoms with E-state index in [9.17, 15) is 18.9 Å². The van der Waals surface area contributed by atoms with Gasteiger partial charge in [-0.25, -0.2) is 15.0 Å². The summed E-state index contributed by atoms with van der Waals surface area (Å²) in [4.78, 5) is 31.0. The first kappa shape index (κ1) is 19.4. The van der Waals surface area contributed by atoms with E-state index in [1.54, 1.807) is 4.57 Å². The van der Waals surface area contributed by atoms with Gasteiger partial charge in [0.2, 0.25) is 0 Å². The molecule has 3 rings (SSSR count). The number of rotatable bonds is 6. The van der Waals surface area contributed by atoms with Crippen molar-refractivity contribution in [1.82, 2.24) is 19.5 Å². The van der Waals surface area contributed by atoms with Crippen LogP contribution in [-0.4, -0.2) is 61.5 Å². The SMILES string of the molecule is CP(=O)(O)OCC1OC(n2cnc3c(N)ncnc32)CC1OP(C)(=O)O. The molecule has 1 aliphatic heterocycles. The van der Waals surface area contributed by atoms with Gasteiger partial charge in [-0.1, -0.05) is 0 Å². The van der Waals surface area contributed by atoms with Gasteiger partial charge in [-0.15, -0.1) is 0 Å². The lowest BCUT2D eigenvalue weighted by Gasteiger charge is -2.20. The molecule has 4 N–H and O–H groups in total. The van der Waals surface area contributed by atoms with Crippen molar-refractivity contribution in [3.63, 3.8) is 0 Å². The third-order valence-electron chi connectivity index (χ3n) is 3.69. The Hall–Kier alpha value is -1.39. The lowest BCUT2D eigenvalue weighted by atomic mass is 10.2. The Balaban J connectivity index is 1.85. The molecule has 0 aliphatic carbocycles. The number of hydrogen-bond donors (Lipinski definition) is 3. The van der Waals surface area contributed by atoms with Crippen molar-refractivity contribution in [1.29, 1.82) is 0 Å². The van der Waals surface area contributed by atoms with E-state index < -0.39 is 33.6 Å². The van der Waals surface area contributed by atoms with Crippen molar-refractivity contribution in [2.45, 2.75) is 24.9 Å². The lowest BCUT2D eigenvalue weighted by molar-refractivity contribution is -0.0364. The molecule has 0 spiro atoms. The molecular weight excluding hydrogens is 388 g/mol. The summed E-state index contributed by atoms with van der Waals surface area (Å²) in [6.45, 7) is 1.81. The summed E-state index contributed by atoms with van der Waals surface area (Å²) in [5, 5.41) is 0. The Morgan fingerprint density at radius 3 is 2.69 bits per heavy atom. The number of fused-ring (bicyclic) bond motifs is 1. The zero-order valence-electron chi connectivity index (χ0n) is 14.0. The minimum absolute atomic E-state index is 0.182. The number of nitrogens with zero attached hydrogens (tertiary/aromatic N) is 4. The fraction of sp³-hybridized carbons (Fsp3) is 0.583. The first-order valence-electron chi connectivity index (χ1n) is 7.55. The van der Waals surface area contributed by atoms with Gasteiger partial charge in [-0.3, -0.25) is 13.7 Å². The van der Waals surface area contributed by atoms with Crippen LogP contribution in [0.3, 0.4) is 0 Å². The fourth-order valence-corrected chi connectivity index (χ4v) is 3.82. The standard InChI is InChI=1S/C12H19N5O7P2/c1-25(18,19)22-4-8-7(24-26(2,20)21)3-9(23-8)17-6-16-10-11(13)14-5-15-12(10)17/h5-9H,3-4H2,1-2H3,(H,18,19)(H,20,21)(H2,13,14,15). The predicted molar refractivity (Wildman–Crippen MR) is 90.6 cm³/mol. The minimum Gasteiger partial charge on any atom is -0.382 e. The first-order valence-corrected chi connectivity index (χ1v) is 11.6. The molecule has 1 fully saturated rings. The maximum absolute atomic E-state index is 11.6. The molecule has 0 radical (unpaired) electrons. The number of imidazole rings is 1. The summed E-state index contributed by atoms with van der Waals surface area (Å²) in [6, 6.07) is 0. The van der Waals surface area contributed by atoms with Gasteiger partial charge in [-0.05, 0) is 0 Å². The molecular formula is C12H19N5O7P2. The van der Waals surface area contributed by atoms with Crippen molar-refractivity contribution in [2.75, 3.05) is 25.7 Å². The van der Waals surface area contributed by atoms with E-state index in [0.717, 1.165) is 13.3 Å². The van der Waals surface area contributed by atoms with Crippen LogP contribution >= 0.6 is 15.2 Å². The van der Waals surface area contributed by atoms with Gasteiger partial charge >= 0.3 is 15.2 Å². The molecule has 0 aromatic carbocycles. The van der Waals surface area contributed by atoms with Crippen molar-refractivity contribution < 1.29 is 32.7 Å². The van der Waals surface area contributed by atoms with Gasteiger partial charge in [0.25, 0.3) is 0 Å². The fourth-order valence-electron chi connectivity index (χ4n) is 2.68. The Morgan fingerprint density at radius 2 is 2.04 bits per heavy atom. The molecule has 1 saturated heterocycles. The summed E-state index contributed by atoms with van der Waals surface area (Å²) >= 11 is 0. The van der Waals surface area contributed by atoms with E-state index in [4.69, 9.17) is 19.5 Å². The zero-order valence-corrected chi connectivity index (χ0v) is 15.8. The number of nitrogens with two attached hydrogens (primary N) is 1. The smallest absolute Gasteiger partial charge is 0.325 e. The second-order valence-electron chi connectivity index (χ2n) is 5.99. The van der Waals surface area contributed by atoms with Crippen molar-refractivity contribution >= 4 is 32.2 Å². The van der Waals surface area contributed by atoms with Crippen molar-refractivity contribution in [2.24, 2.45) is 0 Å². The average molecular weight is 407 g/mol. The molecule has 5 atom stereocenters. The molecule has 0 saturated carbocycles. The maximum atomic E-state index is 11.6. The number of nitrogen functional groups attached to an aromatic ring is 1. The second kappa shape index (κ2) is 6.97.